The van der Waals surface area contributed by atoms with Crippen molar-refractivity contribution in [3.05, 3.63) is 0 Å². The minimum atomic E-state index is -0.434. The smallest absolute Gasteiger partial charge is 0.407 e. The number of alkyl carbamates (subject to hydrolysis) is 1. The first-order valence-electron chi connectivity index (χ1n) is 8.39. The van der Waals surface area contributed by atoms with Gasteiger partial charge in [-0.05, 0) is 73.3 Å². The molecule has 0 radical (unpaired) electrons. The molecule has 1 rings (SSSR count). The van der Waals surface area contributed by atoms with Gasteiger partial charge in [0.1, 0.15) is 5.60 Å². The lowest BCUT2D eigenvalue weighted by Gasteiger charge is -2.31. The van der Waals surface area contributed by atoms with E-state index in [9.17, 15) is 4.79 Å². The fourth-order valence-electron chi connectivity index (χ4n) is 2.60. The monoisotopic (exact) mass is 314 g/mol. The number of rotatable bonds is 6. The molecule has 22 heavy (non-hydrogen) atoms. The van der Waals surface area contributed by atoms with Gasteiger partial charge >= 0.3 is 6.09 Å². The summed E-state index contributed by atoms with van der Waals surface area (Å²) in [6, 6.07) is 0.785. The van der Waals surface area contributed by atoms with Crippen LogP contribution in [-0.2, 0) is 9.47 Å². The molecule has 1 aliphatic rings. The van der Waals surface area contributed by atoms with E-state index in [1.54, 1.807) is 7.11 Å². The number of hydrogen-bond donors (Lipinski definition) is 2. The third kappa shape index (κ3) is 7.99. The molecule has 1 fully saturated rings. The second kappa shape index (κ2) is 8.16. The predicted molar refractivity (Wildman–Crippen MR) is 89.1 cm³/mol. The van der Waals surface area contributed by atoms with Gasteiger partial charge in [-0.15, -0.1) is 0 Å². The molecule has 1 aliphatic carbocycles. The van der Waals surface area contributed by atoms with Crippen LogP contribution in [0.3, 0.4) is 0 Å². The Labute approximate surface area is 135 Å². The number of methoxy groups -OCH3 is 1. The fraction of sp³-hybridized carbons (Fsp3) is 0.941. The van der Waals surface area contributed by atoms with Crippen molar-refractivity contribution < 1.29 is 14.3 Å². The SMILES string of the molecule is COC(C)(C)CCNC1CCC(NC(=O)OC(C)(C)C)CC1. The minimum absolute atomic E-state index is 0.0670. The van der Waals surface area contributed by atoms with E-state index in [-0.39, 0.29) is 17.7 Å². The third-order valence-corrected chi connectivity index (χ3v) is 4.16. The first-order valence-corrected chi connectivity index (χ1v) is 8.39. The van der Waals surface area contributed by atoms with E-state index < -0.39 is 5.60 Å². The molecular formula is C17H34N2O3. The molecule has 0 spiro atoms. The zero-order valence-electron chi connectivity index (χ0n) is 15.1. The van der Waals surface area contributed by atoms with Crippen LogP contribution in [0.4, 0.5) is 4.79 Å². The Morgan fingerprint density at radius 1 is 1.05 bits per heavy atom. The summed E-state index contributed by atoms with van der Waals surface area (Å²) in [5.41, 5.74) is -0.501. The van der Waals surface area contributed by atoms with Crippen LogP contribution < -0.4 is 10.6 Å². The predicted octanol–water partition coefficient (Wildman–Crippen LogP) is 3.23. The van der Waals surface area contributed by atoms with E-state index in [2.05, 4.69) is 24.5 Å². The minimum Gasteiger partial charge on any atom is -0.444 e. The van der Waals surface area contributed by atoms with Gasteiger partial charge in [-0.2, -0.15) is 0 Å². The van der Waals surface area contributed by atoms with Crippen molar-refractivity contribution in [1.29, 1.82) is 0 Å². The molecule has 0 saturated heterocycles. The molecule has 5 heteroatoms. The number of carbonyl (C=O) groups excluding carboxylic acids is 1. The Kier molecular flexibility index (Phi) is 7.13. The van der Waals surface area contributed by atoms with Crippen LogP contribution in [0.15, 0.2) is 0 Å². The Morgan fingerprint density at radius 3 is 2.09 bits per heavy atom. The van der Waals surface area contributed by atoms with Crippen LogP contribution in [-0.4, -0.2) is 43.0 Å². The van der Waals surface area contributed by atoms with Gasteiger partial charge in [-0.3, -0.25) is 0 Å². The van der Waals surface area contributed by atoms with Crippen molar-refractivity contribution in [3.63, 3.8) is 0 Å². The lowest BCUT2D eigenvalue weighted by Crippen LogP contribution is -2.44. The van der Waals surface area contributed by atoms with Crippen LogP contribution in [0.5, 0.6) is 0 Å². The maximum absolute atomic E-state index is 11.8. The molecule has 1 saturated carbocycles. The number of ether oxygens (including phenoxy) is 2. The molecule has 0 aliphatic heterocycles. The summed E-state index contributed by atoms with van der Waals surface area (Å²) < 4.78 is 10.7. The second-order valence-electron chi connectivity index (χ2n) is 7.86. The Bertz CT molecular complexity index is 342. The number of carbonyl (C=O) groups is 1. The van der Waals surface area contributed by atoms with Crippen LogP contribution in [0.25, 0.3) is 0 Å². The number of hydrogen-bond acceptors (Lipinski definition) is 4. The fourth-order valence-corrected chi connectivity index (χ4v) is 2.60. The van der Waals surface area contributed by atoms with E-state index in [1.807, 2.05) is 20.8 Å². The van der Waals surface area contributed by atoms with Crippen molar-refractivity contribution in [3.8, 4) is 0 Å². The van der Waals surface area contributed by atoms with Gasteiger partial charge in [0.2, 0.25) is 0 Å². The lowest BCUT2D eigenvalue weighted by atomic mass is 9.91. The summed E-state index contributed by atoms with van der Waals surface area (Å²) in [4.78, 5) is 11.8. The highest BCUT2D eigenvalue weighted by molar-refractivity contribution is 5.68. The highest BCUT2D eigenvalue weighted by Gasteiger charge is 2.25. The van der Waals surface area contributed by atoms with E-state index >= 15 is 0 Å². The molecule has 0 atom stereocenters. The summed E-state index contributed by atoms with van der Waals surface area (Å²) in [6.07, 6.45) is 4.89. The topological polar surface area (TPSA) is 59.6 Å². The Balaban J connectivity index is 2.19. The maximum Gasteiger partial charge on any atom is 0.407 e. The van der Waals surface area contributed by atoms with Crippen molar-refractivity contribution >= 4 is 6.09 Å². The van der Waals surface area contributed by atoms with E-state index in [0.717, 1.165) is 38.6 Å². The molecular weight excluding hydrogens is 280 g/mol. The average Bonchev–Trinajstić information content (AvgIpc) is 2.38. The standard InChI is InChI=1S/C17H34N2O3/c1-16(2,3)22-15(20)19-14-9-7-13(8-10-14)18-12-11-17(4,5)21-6/h13-14,18H,7-12H2,1-6H3,(H,19,20). The summed E-state index contributed by atoms with van der Waals surface area (Å²) in [6.45, 7) is 10.8. The summed E-state index contributed by atoms with van der Waals surface area (Å²) >= 11 is 0. The summed E-state index contributed by atoms with van der Waals surface area (Å²) in [5, 5.41) is 6.58. The maximum atomic E-state index is 11.8. The second-order valence-corrected chi connectivity index (χ2v) is 7.86. The normalized spacial score (nSPS) is 23.2. The van der Waals surface area contributed by atoms with E-state index in [1.165, 1.54) is 0 Å². The molecule has 1 amide bonds. The molecule has 0 unspecified atom stereocenters. The van der Waals surface area contributed by atoms with E-state index in [4.69, 9.17) is 9.47 Å². The van der Waals surface area contributed by atoms with Gasteiger partial charge in [0, 0.05) is 19.2 Å². The molecule has 0 heterocycles. The van der Waals surface area contributed by atoms with Gasteiger partial charge < -0.3 is 20.1 Å². The zero-order chi connectivity index (χ0) is 16.8. The summed E-state index contributed by atoms with van der Waals surface area (Å²) in [7, 11) is 1.76. The van der Waals surface area contributed by atoms with Crippen LogP contribution in [0.1, 0.15) is 66.7 Å². The Hall–Kier alpha value is -0.810. The molecule has 2 N–H and O–H groups in total. The van der Waals surface area contributed by atoms with Crippen molar-refractivity contribution in [1.82, 2.24) is 10.6 Å². The largest absolute Gasteiger partial charge is 0.444 e. The molecule has 0 aromatic carbocycles. The van der Waals surface area contributed by atoms with Crippen molar-refractivity contribution in [2.45, 2.75) is 90.0 Å². The Morgan fingerprint density at radius 2 is 1.59 bits per heavy atom. The first-order chi connectivity index (χ1) is 10.1. The zero-order valence-corrected chi connectivity index (χ0v) is 15.1. The van der Waals surface area contributed by atoms with Gasteiger partial charge in [-0.1, -0.05) is 0 Å². The number of amides is 1. The van der Waals surface area contributed by atoms with Crippen LogP contribution >= 0.6 is 0 Å². The van der Waals surface area contributed by atoms with Crippen molar-refractivity contribution in [2.24, 2.45) is 0 Å². The first kappa shape index (κ1) is 19.2. The molecule has 130 valence electrons. The molecule has 0 bridgehead atoms. The van der Waals surface area contributed by atoms with Crippen molar-refractivity contribution in [2.75, 3.05) is 13.7 Å². The quantitative estimate of drug-likeness (QED) is 0.790. The lowest BCUT2D eigenvalue weighted by molar-refractivity contribution is 0.0149. The van der Waals surface area contributed by atoms with Gasteiger partial charge in [-0.25, -0.2) is 4.79 Å². The van der Waals surface area contributed by atoms with Gasteiger partial charge in [0.25, 0.3) is 0 Å². The number of nitrogens with one attached hydrogen (secondary N) is 2. The highest BCUT2D eigenvalue weighted by Crippen LogP contribution is 2.20. The third-order valence-electron chi connectivity index (χ3n) is 4.16. The highest BCUT2D eigenvalue weighted by atomic mass is 16.6. The summed E-state index contributed by atoms with van der Waals surface area (Å²) in [5.74, 6) is 0. The van der Waals surface area contributed by atoms with E-state index in [0.29, 0.717) is 6.04 Å². The molecule has 0 aromatic rings. The molecule has 5 nitrogen and oxygen atoms in total. The van der Waals surface area contributed by atoms with Crippen LogP contribution in [0, 0.1) is 0 Å². The molecule has 0 aromatic heterocycles. The van der Waals surface area contributed by atoms with Gasteiger partial charge in [0.15, 0.2) is 0 Å². The van der Waals surface area contributed by atoms with Crippen LogP contribution in [0.2, 0.25) is 0 Å². The average molecular weight is 314 g/mol. The van der Waals surface area contributed by atoms with Gasteiger partial charge in [0.05, 0.1) is 5.60 Å².